The lowest BCUT2D eigenvalue weighted by molar-refractivity contribution is -0.139. The van der Waals surface area contributed by atoms with E-state index in [2.05, 4.69) is 20.0 Å². The maximum atomic E-state index is 13.9. The fourth-order valence-electron chi connectivity index (χ4n) is 6.39. The number of aromatic nitrogens is 4. The van der Waals surface area contributed by atoms with Crippen LogP contribution in [0.1, 0.15) is 36.8 Å². The Balaban J connectivity index is 1.17. The molecule has 4 aromatic rings. The van der Waals surface area contributed by atoms with E-state index in [0.717, 1.165) is 5.56 Å². The van der Waals surface area contributed by atoms with Crippen molar-refractivity contribution in [3.63, 3.8) is 0 Å². The van der Waals surface area contributed by atoms with Crippen molar-refractivity contribution in [1.82, 2.24) is 34.5 Å². The summed E-state index contributed by atoms with van der Waals surface area (Å²) in [4.78, 5) is 31.4. The fourth-order valence-corrected chi connectivity index (χ4v) is 8.56. The van der Waals surface area contributed by atoms with Crippen LogP contribution in [0.15, 0.2) is 47.4 Å². The number of hydrogen-bond donors (Lipinski definition) is 1. The number of benzene rings is 2. The van der Waals surface area contributed by atoms with Crippen molar-refractivity contribution in [1.29, 1.82) is 0 Å². The van der Waals surface area contributed by atoms with E-state index in [1.807, 2.05) is 42.2 Å². The fraction of sp³-hybridized carbons (Fsp3) is 0.469. The summed E-state index contributed by atoms with van der Waals surface area (Å²) in [6, 6.07) is 11.8. The number of piperazine rings is 2. The predicted octanol–water partition coefficient (Wildman–Crippen LogP) is 3.09. The number of nitrogens with zero attached hydrogens (tertiary/aromatic N) is 7. The molecule has 1 saturated carbocycles. The summed E-state index contributed by atoms with van der Waals surface area (Å²) >= 11 is 0.632. The van der Waals surface area contributed by atoms with Gasteiger partial charge in [0.2, 0.25) is 26.9 Å². The number of carbonyl (C=O) groups is 2. The predicted molar refractivity (Wildman–Crippen MR) is 179 cm³/mol. The van der Waals surface area contributed by atoms with Crippen molar-refractivity contribution in [2.75, 3.05) is 50.8 Å². The van der Waals surface area contributed by atoms with Crippen molar-refractivity contribution in [2.24, 2.45) is 0 Å². The van der Waals surface area contributed by atoms with E-state index in [4.69, 9.17) is 14.2 Å². The van der Waals surface area contributed by atoms with E-state index in [-0.39, 0.29) is 59.7 Å². The molecule has 0 spiro atoms. The molecule has 1 aliphatic carbocycles. The lowest BCUT2D eigenvalue weighted by Gasteiger charge is -2.47. The number of fused-ring (bicyclic) bond motifs is 2. The quantitative estimate of drug-likeness (QED) is 0.254. The number of sulfonamides is 1. The summed E-state index contributed by atoms with van der Waals surface area (Å²) in [5, 5.41) is 12.1. The van der Waals surface area contributed by atoms with Gasteiger partial charge in [-0.15, -0.1) is 15.3 Å². The third kappa shape index (κ3) is 6.70. The Morgan fingerprint density at radius 3 is 2.61 bits per heavy atom. The molecule has 1 atom stereocenters. The van der Waals surface area contributed by atoms with Crippen LogP contribution >= 0.6 is 11.3 Å². The van der Waals surface area contributed by atoms with E-state index in [0.29, 0.717) is 61.6 Å². The Morgan fingerprint density at radius 1 is 1.14 bits per heavy atom. The van der Waals surface area contributed by atoms with E-state index >= 15 is 0 Å². The average molecular weight is 745 g/mol. The Bertz CT molecular complexity index is 2090. The van der Waals surface area contributed by atoms with Crippen LogP contribution in [0.25, 0.3) is 16.0 Å². The maximum absolute atomic E-state index is 13.9. The van der Waals surface area contributed by atoms with Gasteiger partial charge in [0.05, 0.1) is 40.7 Å². The highest BCUT2D eigenvalue weighted by Crippen LogP contribution is 2.42. The Morgan fingerprint density at radius 2 is 1.92 bits per heavy atom. The third-order valence-electron chi connectivity index (χ3n) is 9.44. The van der Waals surface area contributed by atoms with Gasteiger partial charge in [-0.2, -0.15) is 0 Å². The SMILES string of the molecule is CC1(NS(=O)(=O)c2cc(N3CCN4C(=O)CN(C(=O)OCc5ccccc5)C[C@@H]4C3)c3c(OC4COC4)nn(-c4nnc(C(F)F)s4)c3c2)CC1. The highest BCUT2D eigenvalue weighted by Gasteiger charge is 2.43. The molecule has 0 radical (unpaired) electrons. The highest BCUT2D eigenvalue weighted by molar-refractivity contribution is 7.89. The zero-order chi connectivity index (χ0) is 35.5. The first-order valence-electron chi connectivity index (χ1n) is 16.4. The minimum Gasteiger partial charge on any atom is -0.468 e. The largest absolute Gasteiger partial charge is 0.468 e. The lowest BCUT2D eigenvalue weighted by Crippen LogP contribution is -2.65. The molecule has 2 aromatic carbocycles. The van der Waals surface area contributed by atoms with Crippen LogP contribution in [0.2, 0.25) is 0 Å². The number of halogens is 2. The molecule has 2 aromatic heterocycles. The number of ether oxygens (including phenoxy) is 3. The standard InChI is InChI=1S/C32H34F2N8O7S2/c1-32(7-8-32)38-51(45,46)22-11-23(26-24(12-22)42(30-36-35-29(50-30)27(33)34)37-28(26)49-21-17-47-18-21)39-9-10-41-20(13-39)14-40(15-25(41)43)31(44)48-16-19-5-3-2-4-6-19/h2-6,11-12,20-21,27,38H,7-10,13-18H2,1H3/t20-/m0/s1. The molecule has 51 heavy (non-hydrogen) atoms. The van der Waals surface area contributed by atoms with Gasteiger partial charge in [0.1, 0.15) is 19.3 Å². The Kier molecular flexibility index (Phi) is 8.55. The molecular formula is C32H34F2N8O7S2. The van der Waals surface area contributed by atoms with Crippen LogP contribution in [0.5, 0.6) is 5.88 Å². The number of anilines is 1. The molecule has 5 heterocycles. The van der Waals surface area contributed by atoms with Crippen LogP contribution in [0.4, 0.5) is 19.3 Å². The molecule has 0 bridgehead atoms. The number of alkyl halides is 2. The summed E-state index contributed by atoms with van der Waals surface area (Å²) in [5.41, 5.74) is 0.943. The minimum absolute atomic E-state index is 0.00461. The second-order valence-corrected chi connectivity index (χ2v) is 16.0. The van der Waals surface area contributed by atoms with Gasteiger partial charge in [0.15, 0.2) is 5.01 Å². The maximum Gasteiger partial charge on any atom is 0.410 e. The first-order valence-corrected chi connectivity index (χ1v) is 18.7. The normalized spacial score (nSPS) is 20.4. The molecule has 3 saturated heterocycles. The zero-order valence-corrected chi connectivity index (χ0v) is 29.0. The van der Waals surface area contributed by atoms with Crippen LogP contribution < -0.4 is 14.4 Å². The summed E-state index contributed by atoms with van der Waals surface area (Å²) in [6.45, 7) is 3.45. The van der Waals surface area contributed by atoms with Gasteiger partial charge in [-0.3, -0.25) is 9.69 Å². The molecule has 8 rings (SSSR count). The smallest absolute Gasteiger partial charge is 0.410 e. The third-order valence-corrected chi connectivity index (χ3v) is 12.0. The molecule has 4 fully saturated rings. The highest BCUT2D eigenvalue weighted by atomic mass is 32.2. The van der Waals surface area contributed by atoms with Crippen molar-refractivity contribution >= 4 is 50.0 Å². The molecule has 4 aliphatic rings. The number of amides is 2. The topological polar surface area (TPSA) is 161 Å². The molecule has 3 aliphatic heterocycles. The number of nitrogens with one attached hydrogen (secondary N) is 1. The summed E-state index contributed by atoms with van der Waals surface area (Å²) in [7, 11) is -4.07. The van der Waals surface area contributed by atoms with Crippen molar-refractivity contribution < 1.29 is 41.0 Å². The van der Waals surface area contributed by atoms with Gasteiger partial charge in [-0.1, -0.05) is 41.7 Å². The molecule has 0 unspecified atom stereocenters. The van der Waals surface area contributed by atoms with Crippen LogP contribution in [-0.2, 0) is 30.9 Å². The lowest BCUT2D eigenvalue weighted by atomic mass is 10.1. The van der Waals surface area contributed by atoms with Crippen LogP contribution in [0.3, 0.4) is 0 Å². The van der Waals surface area contributed by atoms with Gasteiger partial charge >= 0.3 is 6.09 Å². The Labute approximate surface area is 295 Å². The number of rotatable bonds is 10. The van der Waals surface area contributed by atoms with E-state index in [1.165, 1.54) is 15.6 Å². The first kappa shape index (κ1) is 33.7. The summed E-state index contributed by atoms with van der Waals surface area (Å²) in [6.07, 6.45) is -2.44. The molecule has 19 heteroatoms. The van der Waals surface area contributed by atoms with Crippen LogP contribution in [-0.4, -0.2) is 114 Å². The van der Waals surface area contributed by atoms with Crippen LogP contribution in [0, 0.1) is 0 Å². The number of carbonyl (C=O) groups excluding carboxylic acids is 2. The molecular weight excluding hydrogens is 711 g/mol. The second kappa shape index (κ2) is 12.9. The van der Waals surface area contributed by atoms with Gasteiger partial charge < -0.3 is 24.0 Å². The molecule has 2 amide bonds. The van der Waals surface area contributed by atoms with Gasteiger partial charge in [-0.05, 0) is 37.5 Å². The van der Waals surface area contributed by atoms with E-state index in [1.54, 1.807) is 11.0 Å². The van der Waals surface area contributed by atoms with Crippen molar-refractivity contribution in [2.45, 2.75) is 55.4 Å². The minimum atomic E-state index is -4.07. The monoisotopic (exact) mass is 744 g/mol. The molecule has 15 nitrogen and oxygen atoms in total. The second-order valence-electron chi connectivity index (χ2n) is 13.3. The average Bonchev–Trinajstić information content (AvgIpc) is 3.45. The Hall–Kier alpha value is -4.46. The zero-order valence-electron chi connectivity index (χ0n) is 27.4. The molecule has 270 valence electrons. The van der Waals surface area contributed by atoms with E-state index < -0.39 is 39.1 Å². The number of hydrogen-bond acceptors (Lipinski definition) is 12. The van der Waals surface area contributed by atoms with Gasteiger partial charge in [0.25, 0.3) is 6.43 Å². The molecule has 1 N–H and O–H groups in total. The summed E-state index contributed by atoms with van der Waals surface area (Å²) < 4.78 is 76.0. The van der Waals surface area contributed by atoms with Crippen molar-refractivity contribution in [3.05, 3.63) is 53.0 Å². The van der Waals surface area contributed by atoms with Crippen molar-refractivity contribution in [3.8, 4) is 11.0 Å². The first-order chi connectivity index (χ1) is 24.5. The van der Waals surface area contributed by atoms with E-state index in [9.17, 15) is 26.8 Å². The van der Waals surface area contributed by atoms with Gasteiger partial charge in [0, 0.05) is 31.7 Å². The van der Waals surface area contributed by atoms with Gasteiger partial charge in [-0.25, -0.2) is 31.4 Å². The summed E-state index contributed by atoms with van der Waals surface area (Å²) in [5.74, 6) is -0.0831.